The van der Waals surface area contributed by atoms with Crippen molar-refractivity contribution in [2.75, 3.05) is 13.7 Å². The summed E-state index contributed by atoms with van der Waals surface area (Å²) >= 11 is 0. The first kappa shape index (κ1) is 13.9. The van der Waals surface area contributed by atoms with Crippen molar-refractivity contribution < 1.29 is 14.3 Å². The molecule has 0 aliphatic carbocycles. The number of nitrogens with zero attached hydrogens (tertiary/aromatic N) is 3. The first-order valence-electron chi connectivity index (χ1n) is 5.49. The Kier molecular flexibility index (Phi) is 5.04. The Bertz CT molecular complexity index is 451. The van der Waals surface area contributed by atoms with Crippen molar-refractivity contribution in [2.45, 2.75) is 19.9 Å². The van der Waals surface area contributed by atoms with Gasteiger partial charge in [-0.25, -0.2) is 9.48 Å². The molecule has 0 aromatic carbocycles. The van der Waals surface area contributed by atoms with Gasteiger partial charge < -0.3 is 10.1 Å². The van der Waals surface area contributed by atoms with Gasteiger partial charge >= 0.3 is 5.97 Å². The van der Waals surface area contributed by atoms with Crippen LogP contribution < -0.4 is 5.32 Å². The van der Waals surface area contributed by atoms with Gasteiger partial charge in [-0.2, -0.15) is 0 Å². The van der Waals surface area contributed by atoms with Crippen molar-refractivity contribution in [1.29, 1.82) is 0 Å². The molecule has 7 heteroatoms. The van der Waals surface area contributed by atoms with Crippen LogP contribution in [0.3, 0.4) is 0 Å². The molecule has 0 fully saturated rings. The Morgan fingerprint density at radius 2 is 2.28 bits per heavy atom. The number of esters is 1. The van der Waals surface area contributed by atoms with Gasteiger partial charge in [0.25, 0.3) is 5.91 Å². The Morgan fingerprint density at radius 1 is 1.56 bits per heavy atom. The Hall–Kier alpha value is -2.18. The van der Waals surface area contributed by atoms with Crippen LogP contribution in [0, 0.1) is 0 Å². The van der Waals surface area contributed by atoms with E-state index in [0.717, 1.165) is 0 Å². The maximum Gasteiger partial charge on any atom is 0.330 e. The van der Waals surface area contributed by atoms with Crippen LogP contribution in [0.25, 0.3) is 0 Å². The number of ether oxygens (including phenoxy) is 1. The van der Waals surface area contributed by atoms with Crippen molar-refractivity contribution >= 4 is 11.9 Å². The van der Waals surface area contributed by atoms with Gasteiger partial charge in [0.05, 0.1) is 13.3 Å². The van der Waals surface area contributed by atoms with Crippen LogP contribution in [0.15, 0.2) is 18.3 Å². The van der Waals surface area contributed by atoms with Crippen molar-refractivity contribution in [3.8, 4) is 0 Å². The van der Waals surface area contributed by atoms with Gasteiger partial charge in [-0.05, 0) is 13.8 Å². The van der Waals surface area contributed by atoms with E-state index in [1.165, 1.54) is 19.3 Å². The summed E-state index contributed by atoms with van der Waals surface area (Å²) in [6, 6.07) is 0.151. The number of hydrogen-bond donors (Lipinski definition) is 1. The lowest BCUT2D eigenvalue weighted by Gasteiger charge is -2.01. The largest absolute Gasteiger partial charge is 0.466 e. The number of carbonyl (C=O) groups is 2. The van der Waals surface area contributed by atoms with Crippen LogP contribution in [0.4, 0.5) is 0 Å². The number of amides is 1. The SMILES string of the molecule is COC(=O)/C=C/CNC(=O)c1cn(C(C)C)nn1. The van der Waals surface area contributed by atoms with Gasteiger partial charge in [0.15, 0.2) is 5.69 Å². The molecule has 0 aliphatic heterocycles. The van der Waals surface area contributed by atoms with E-state index in [9.17, 15) is 9.59 Å². The van der Waals surface area contributed by atoms with E-state index < -0.39 is 5.97 Å². The molecule has 0 saturated carbocycles. The van der Waals surface area contributed by atoms with Crippen molar-refractivity contribution in [3.63, 3.8) is 0 Å². The molecular weight excluding hydrogens is 236 g/mol. The average Bonchev–Trinajstić information content (AvgIpc) is 2.83. The first-order chi connectivity index (χ1) is 8.54. The number of rotatable bonds is 5. The molecule has 1 heterocycles. The predicted molar refractivity (Wildman–Crippen MR) is 63.9 cm³/mol. The van der Waals surface area contributed by atoms with Crippen LogP contribution in [0.2, 0.25) is 0 Å². The zero-order valence-electron chi connectivity index (χ0n) is 10.6. The third-order valence-corrected chi connectivity index (χ3v) is 2.11. The minimum Gasteiger partial charge on any atom is -0.466 e. The van der Waals surface area contributed by atoms with E-state index in [1.54, 1.807) is 10.9 Å². The summed E-state index contributed by atoms with van der Waals surface area (Å²) in [5, 5.41) is 10.2. The van der Waals surface area contributed by atoms with Crippen LogP contribution in [0.5, 0.6) is 0 Å². The third kappa shape index (κ3) is 4.00. The van der Waals surface area contributed by atoms with Crippen molar-refractivity contribution in [3.05, 3.63) is 24.0 Å². The van der Waals surface area contributed by atoms with E-state index in [0.29, 0.717) is 0 Å². The van der Waals surface area contributed by atoms with Crippen LogP contribution in [-0.2, 0) is 9.53 Å². The second kappa shape index (κ2) is 6.53. The van der Waals surface area contributed by atoms with E-state index in [-0.39, 0.29) is 24.2 Å². The molecule has 98 valence electrons. The Balaban J connectivity index is 2.45. The summed E-state index contributed by atoms with van der Waals surface area (Å²) in [6.45, 7) is 4.10. The van der Waals surface area contributed by atoms with Gasteiger partial charge in [-0.1, -0.05) is 11.3 Å². The second-order valence-electron chi connectivity index (χ2n) is 3.81. The lowest BCUT2D eigenvalue weighted by Crippen LogP contribution is -2.23. The zero-order chi connectivity index (χ0) is 13.5. The standard InChI is InChI=1S/C11H16N4O3/c1-8(2)15-7-9(13-14-15)11(17)12-6-4-5-10(16)18-3/h4-5,7-8H,6H2,1-3H3,(H,12,17)/b5-4+. The second-order valence-corrected chi connectivity index (χ2v) is 3.81. The maximum absolute atomic E-state index is 11.6. The molecule has 1 aromatic rings. The fourth-order valence-corrected chi connectivity index (χ4v) is 1.10. The molecule has 0 atom stereocenters. The topological polar surface area (TPSA) is 86.1 Å². The number of carbonyl (C=O) groups excluding carboxylic acids is 2. The molecule has 0 spiro atoms. The van der Waals surface area contributed by atoms with E-state index >= 15 is 0 Å². The number of hydrogen-bond acceptors (Lipinski definition) is 5. The fraction of sp³-hybridized carbons (Fsp3) is 0.455. The molecule has 0 aliphatic rings. The molecule has 0 bridgehead atoms. The quantitative estimate of drug-likeness (QED) is 0.602. The predicted octanol–water partition coefficient (Wildman–Crippen LogP) is 0.318. The van der Waals surface area contributed by atoms with Crippen LogP contribution >= 0.6 is 0 Å². The third-order valence-electron chi connectivity index (χ3n) is 2.11. The van der Waals surface area contributed by atoms with Gasteiger partial charge in [-0.15, -0.1) is 5.10 Å². The van der Waals surface area contributed by atoms with Gasteiger partial charge in [0.2, 0.25) is 0 Å². The summed E-state index contributed by atoms with van der Waals surface area (Å²) in [6.07, 6.45) is 4.31. The highest BCUT2D eigenvalue weighted by atomic mass is 16.5. The molecule has 1 rings (SSSR count). The Morgan fingerprint density at radius 3 is 2.83 bits per heavy atom. The molecule has 0 radical (unpaired) electrons. The molecule has 0 saturated heterocycles. The number of nitrogens with one attached hydrogen (secondary N) is 1. The fourth-order valence-electron chi connectivity index (χ4n) is 1.10. The maximum atomic E-state index is 11.6. The molecule has 18 heavy (non-hydrogen) atoms. The lowest BCUT2D eigenvalue weighted by molar-refractivity contribution is -0.134. The normalized spacial score (nSPS) is 10.9. The van der Waals surface area contributed by atoms with Crippen molar-refractivity contribution in [2.24, 2.45) is 0 Å². The molecule has 7 nitrogen and oxygen atoms in total. The summed E-state index contributed by atoms with van der Waals surface area (Å²) in [5.74, 6) is -0.800. The average molecular weight is 252 g/mol. The van der Waals surface area contributed by atoms with E-state index in [4.69, 9.17) is 0 Å². The first-order valence-corrected chi connectivity index (χ1v) is 5.49. The molecule has 1 N–H and O–H groups in total. The summed E-state index contributed by atoms with van der Waals surface area (Å²) in [4.78, 5) is 22.4. The minimum atomic E-state index is -0.463. The zero-order valence-corrected chi connectivity index (χ0v) is 10.6. The molecule has 1 aromatic heterocycles. The lowest BCUT2D eigenvalue weighted by atomic mass is 10.4. The highest BCUT2D eigenvalue weighted by Gasteiger charge is 2.10. The Labute approximate surface area is 105 Å². The minimum absolute atomic E-state index is 0.151. The van der Waals surface area contributed by atoms with Gasteiger partial charge in [0, 0.05) is 18.7 Å². The van der Waals surface area contributed by atoms with Crippen LogP contribution in [-0.4, -0.2) is 40.5 Å². The summed E-state index contributed by atoms with van der Waals surface area (Å²) in [7, 11) is 1.29. The smallest absolute Gasteiger partial charge is 0.330 e. The van der Waals surface area contributed by atoms with Gasteiger partial charge in [-0.3, -0.25) is 4.79 Å². The van der Waals surface area contributed by atoms with E-state index in [1.807, 2.05) is 13.8 Å². The number of methoxy groups -OCH3 is 1. The highest BCUT2D eigenvalue weighted by Crippen LogP contribution is 2.02. The van der Waals surface area contributed by atoms with Gasteiger partial charge in [0.1, 0.15) is 0 Å². The molecule has 0 unspecified atom stereocenters. The monoisotopic (exact) mass is 252 g/mol. The molecular formula is C11H16N4O3. The van der Waals surface area contributed by atoms with Crippen molar-refractivity contribution in [1.82, 2.24) is 20.3 Å². The van der Waals surface area contributed by atoms with E-state index in [2.05, 4.69) is 20.4 Å². The molecule has 1 amide bonds. The summed E-state index contributed by atoms with van der Waals surface area (Å²) in [5.41, 5.74) is 0.246. The van der Waals surface area contributed by atoms with Crippen LogP contribution in [0.1, 0.15) is 30.4 Å². The summed E-state index contributed by atoms with van der Waals surface area (Å²) < 4.78 is 6.00. The highest BCUT2D eigenvalue weighted by molar-refractivity contribution is 5.92. The number of aromatic nitrogens is 3.